The number of piperidine rings is 1. The zero-order valence-electron chi connectivity index (χ0n) is 9.15. The topological polar surface area (TPSA) is 49.6 Å². The van der Waals surface area contributed by atoms with Gasteiger partial charge in [-0.2, -0.15) is 0 Å². The first-order valence-corrected chi connectivity index (χ1v) is 5.32. The third kappa shape index (κ3) is 1.46. The van der Waals surface area contributed by atoms with Crippen molar-refractivity contribution >= 4 is 12.0 Å². The van der Waals surface area contributed by atoms with Crippen molar-refractivity contribution in [1.29, 1.82) is 0 Å². The summed E-state index contributed by atoms with van der Waals surface area (Å²) in [4.78, 5) is 26.6. The highest BCUT2D eigenvalue weighted by Gasteiger charge is 2.63. The minimum Gasteiger partial charge on any atom is -0.450 e. The number of carbonyl (C=O) groups excluding carboxylic acids is 2. The normalized spacial score (nSPS) is 29.6. The highest BCUT2D eigenvalue weighted by atomic mass is 16.6. The summed E-state index contributed by atoms with van der Waals surface area (Å²) in [6.45, 7) is 3.44. The zero-order chi connectivity index (χ0) is 11.1. The Bertz CT molecular complexity index is 305. The predicted molar refractivity (Wildman–Crippen MR) is 53.3 cm³/mol. The molecule has 0 bridgehead atoms. The maximum Gasteiger partial charge on any atom is 0.410 e. The molecule has 5 heteroatoms. The Kier molecular flexibility index (Phi) is 2.32. The van der Waals surface area contributed by atoms with Crippen LogP contribution in [-0.2, 0) is 9.53 Å². The molecule has 15 heavy (non-hydrogen) atoms. The van der Waals surface area contributed by atoms with Crippen LogP contribution in [0.15, 0.2) is 0 Å². The Balaban J connectivity index is 2.05. The van der Waals surface area contributed by atoms with E-state index in [0.717, 1.165) is 19.4 Å². The number of hydrogen-bond donors (Lipinski definition) is 0. The summed E-state index contributed by atoms with van der Waals surface area (Å²) >= 11 is 0. The first-order valence-electron chi connectivity index (χ1n) is 5.32. The summed E-state index contributed by atoms with van der Waals surface area (Å²) in [7, 11) is 1.78. The third-order valence-electron chi connectivity index (χ3n) is 3.15. The molecule has 1 unspecified atom stereocenters. The predicted octanol–water partition coefficient (Wildman–Crippen LogP) is 0.450. The van der Waals surface area contributed by atoms with E-state index in [-0.39, 0.29) is 12.0 Å². The molecule has 0 N–H and O–H groups in total. The van der Waals surface area contributed by atoms with Crippen molar-refractivity contribution in [2.75, 3.05) is 26.7 Å². The van der Waals surface area contributed by atoms with Crippen molar-refractivity contribution in [3.05, 3.63) is 0 Å². The number of rotatable bonds is 1. The number of carbonyl (C=O) groups is 2. The molecule has 0 aliphatic carbocycles. The Morgan fingerprint density at radius 2 is 2.33 bits per heavy atom. The van der Waals surface area contributed by atoms with E-state index in [4.69, 9.17) is 4.74 Å². The molecule has 0 aromatic heterocycles. The van der Waals surface area contributed by atoms with Crippen LogP contribution < -0.4 is 0 Å². The van der Waals surface area contributed by atoms with Crippen LogP contribution >= 0.6 is 0 Å². The number of nitrogens with zero attached hydrogens (tertiary/aromatic N) is 2. The minimum absolute atomic E-state index is 0.0572. The molecule has 84 valence electrons. The van der Waals surface area contributed by atoms with Gasteiger partial charge in [0, 0.05) is 13.6 Å². The lowest BCUT2D eigenvalue weighted by Gasteiger charge is -2.29. The van der Waals surface area contributed by atoms with Crippen LogP contribution in [0.1, 0.15) is 19.8 Å². The van der Waals surface area contributed by atoms with Crippen molar-refractivity contribution in [3.63, 3.8) is 0 Å². The summed E-state index contributed by atoms with van der Waals surface area (Å²) in [5.74, 6) is 0.0572. The molecule has 5 nitrogen and oxygen atoms in total. The largest absolute Gasteiger partial charge is 0.450 e. The van der Waals surface area contributed by atoms with Crippen molar-refractivity contribution in [3.8, 4) is 0 Å². The molecule has 2 fully saturated rings. The molecule has 1 atom stereocenters. The van der Waals surface area contributed by atoms with Gasteiger partial charge in [0.25, 0.3) is 0 Å². The number of likely N-dealkylation sites (tertiary alicyclic amines) is 1. The number of amides is 2. The zero-order valence-corrected chi connectivity index (χ0v) is 9.15. The lowest BCUT2D eigenvalue weighted by atomic mass is 9.97. The molecule has 2 aliphatic heterocycles. The second-order valence-corrected chi connectivity index (χ2v) is 4.15. The lowest BCUT2D eigenvalue weighted by Crippen LogP contribution is -2.47. The third-order valence-corrected chi connectivity index (χ3v) is 3.15. The van der Waals surface area contributed by atoms with Crippen LogP contribution in [0.2, 0.25) is 0 Å². The van der Waals surface area contributed by atoms with Crippen LogP contribution in [0.4, 0.5) is 4.79 Å². The van der Waals surface area contributed by atoms with Gasteiger partial charge in [-0.15, -0.1) is 0 Å². The van der Waals surface area contributed by atoms with E-state index in [0.29, 0.717) is 13.2 Å². The van der Waals surface area contributed by atoms with Gasteiger partial charge in [0.05, 0.1) is 13.2 Å². The Morgan fingerprint density at radius 1 is 1.60 bits per heavy atom. The molecule has 0 aromatic carbocycles. The maximum atomic E-state index is 11.9. The van der Waals surface area contributed by atoms with E-state index >= 15 is 0 Å². The summed E-state index contributed by atoms with van der Waals surface area (Å²) < 4.78 is 4.89. The molecule has 2 rings (SSSR count). The smallest absolute Gasteiger partial charge is 0.410 e. The molecule has 2 saturated heterocycles. The van der Waals surface area contributed by atoms with E-state index in [1.165, 1.54) is 4.90 Å². The average Bonchev–Trinajstić information content (AvgIpc) is 2.91. The van der Waals surface area contributed by atoms with Gasteiger partial charge in [0.2, 0.25) is 5.91 Å². The summed E-state index contributed by atoms with van der Waals surface area (Å²) in [6.07, 6.45) is 1.37. The number of hydrogen-bond acceptors (Lipinski definition) is 3. The SMILES string of the molecule is CCOC(=O)N1CC12CCCN(C)C2=O. The van der Waals surface area contributed by atoms with Crippen LogP contribution in [0.25, 0.3) is 0 Å². The standard InChI is InChI=1S/C10H16N2O3/c1-3-15-9(14)12-7-10(12)5-4-6-11(2)8(10)13/h3-7H2,1-2H3. The summed E-state index contributed by atoms with van der Waals surface area (Å²) in [5.41, 5.74) is -0.556. The van der Waals surface area contributed by atoms with Gasteiger partial charge in [-0.05, 0) is 19.8 Å². The quantitative estimate of drug-likeness (QED) is 0.593. The molecule has 1 spiro atoms. The average molecular weight is 212 g/mol. The van der Waals surface area contributed by atoms with Crippen LogP contribution in [0, 0.1) is 0 Å². The van der Waals surface area contributed by atoms with Crippen LogP contribution in [0.5, 0.6) is 0 Å². The lowest BCUT2D eigenvalue weighted by molar-refractivity contribution is -0.136. The van der Waals surface area contributed by atoms with Gasteiger partial charge >= 0.3 is 6.09 Å². The fourth-order valence-corrected chi connectivity index (χ4v) is 2.24. The van der Waals surface area contributed by atoms with Gasteiger partial charge in [0.15, 0.2) is 0 Å². The number of ether oxygens (including phenoxy) is 1. The van der Waals surface area contributed by atoms with Gasteiger partial charge in [0.1, 0.15) is 5.54 Å². The van der Waals surface area contributed by atoms with Crippen LogP contribution in [0.3, 0.4) is 0 Å². The molecule has 0 saturated carbocycles. The van der Waals surface area contributed by atoms with E-state index < -0.39 is 5.54 Å². The Labute approximate surface area is 89.0 Å². The fourth-order valence-electron chi connectivity index (χ4n) is 2.24. The fraction of sp³-hybridized carbons (Fsp3) is 0.800. The molecular weight excluding hydrogens is 196 g/mol. The molecule has 2 heterocycles. The first kappa shape index (κ1) is 10.3. The summed E-state index contributed by atoms with van der Waals surface area (Å²) in [5, 5.41) is 0. The van der Waals surface area contributed by atoms with E-state index in [1.807, 2.05) is 0 Å². The first-order chi connectivity index (χ1) is 7.12. The van der Waals surface area contributed by atoms with E-state index in [2.05, 4.69) is 0 Å². The summed E-state index contributed by atoms with van der Waals surface area (Å²) in [6, 6.07) is 0. The Morgan fingerprint density at radius 3 is 3.00 bits per heavy atom. The van der Waals surface area contributed by atoms with Gasteiger partial charge in [-0.1, -0.05) is 0 Å². The molecule has 2 aliphatic rings. The van der Waals surface area contributed by atoms with Crippen LogP contribution in [-0.4, -0.2) is 54.1 Å². The molecule has 0 aromatic rings. The highest BCUT2D eigenvalue weighted by molar-refractivity contribution is 5.95. The Hall–Kier alpha value is -1.26. The van der Waals surface area contributed by atoms with Gasteiger partial charge in [-0.3, -0.25) is 9.69 Å². The van der Waals surface area contributed by atoms with Crippen molar-refractivity contribution in [2.45, 2.75) is 25.3 Å². The molecular formula is C10H16N2O3. The monoisotopic (exact) mass is 212 g/mol. The minimum atomic E-state index is -0.556. The molecule has 0 radical (unpaired) electrons. The van der Waals surface area contributed by atoms with Gasteiger partial charge < -0.3 is 9.64 Å². The van der Waals surface area contributed by atoms with E-state index in [9.17, 15) is 9.59 Å². The second-order valence-electron chi connectivity index (χ2n) is 4.15. The van der Waals surface area contributed by atoms with Crippen molar-refractivity contribution < 1.29 is 14.3 Å². The second kappa shape index (κ2) is 3.40. The maximum absolute atomic E-state index is 11.9. The highest BCUT2D eigenvalue weighted by Crippen LogP contribution is 2.41. The van der Waals surface area contributed by atoms with Gasteiger partial charge in [-0.25, -0.2) is 4.79 Å². The van der Waals surface area contributed by atoms with Crippen molar-refractivity contribution in [2.24, 2.45) is 0 Å². The van der Waals surface area contributed by atoms with E-state index in [1.54, 1.807) is 18.9 Å². The van der Waals surface area contributed by atoms with Crippen molar-refractivity contribution in [1.82, 2.24) is 9.80 Å². The molecule has 2 amide bonds. The number of likely N-dealkylation sites (N-methyl/N-ethyl adjacent to an activating group) is 1.